The molecule has 0 aromatic carbocycles. The average Bonchev–Trinajstić information content (AvgIpc) is 2.34. The Morgan fingerprint density at radius 2 is 2.50 bits per heavy atom. The zero-order valence-corrected chi connectivity index (χ0v) is 7.38. The van der Waals surface area contributed by atoms with E-state index >= 15 is 0 Å². The first-order valence-electron chi connectivity index (χ1n) is 3.18. The van der Waals surface area contributed by atoms with Crippen LogP contribution in [0.5, 0.6) is 0 Å². The van der Waals surface area contributed by atoms with Crippen molar-refractivity contribution in [3.8, 4) is 0 Å². The Balaban J connectivity index is 2.74. The van der Waals surface area contributed by atoms with Gasteiger partial charge in [-0.3, -0.25) is 0 Å². The molecule has 10 heavy (non-hydrogen) atoms. The van der Waals surface area contributed by atoms with Crippen LogP contribution in [0.3, 0.4) is 0 Å². The number of hydrogen-bond donors (Lipinski definition) is 1. The van der Waals surface area contributed by atoms with Gasteiger partial charge in [-0.25, -0.2) is 0 Å². The summed E-state index contributed by atoms with van der Waals surface area (Å²) >= 11 is 7.30. The Morgan fingerprint density at radius 1 is 1.80 bits per heavy atom. The molecule has 1 heterocycles. The van der Waals surface area contributed by atoms with E-state index in [1.54, 1.807) is 11.3 Å². The van der Waals surface area contributed by atoms with Crippen molar-refractivity contribution in [2.24, 2.45) is 5.73 Å². The first kappa shape index (κ1) is 8.05. The van der Waals surface area contributed by atoms with Crippen LogP contribution in [0.4, 0.5) is 0 Å². The third kappa shape index (κ3) is 1.72. The lowest BCUT2D eigenvalue weighted by Gasteiger charge is -2.02. The molecule has 1 nitrogen and oxygen atoms in total. The smallest absolute Gasteiger partial charge is 0.0931 e. The summed E-state index contributed by atoms with van der Waals surface area (Å²) in [5, 5.41) is 2.06. The maximum atomic E-state index is 5.74. The number of nitrogens with two attached hydrogens (primary N) is 1. The first-order chi connectivity index (χ1) is 4.74. The SMILES string of the molecule is CC(CN)c1csc(Cl)c1. The Bertz CT molecular complexity index is 209. The Hall–Kier alpha value is -0.0500. The molecule has 0 fully saturated rings. The van der Waals surface area contributed by atoms with Crippen molar-refractivity contribution in [3.63, 3.8) is 0 Å². The van der Waals surface area contributed by atoms with Gasteiger partial charge < -0.3 is 5.73 Å². The average molecular weight is 176 g/mol. The molecule has 0 bridgehead atoms. The van der Waals surface area contributed by atoms with Crippen LogP contribution in [0.25, 0.3) is 0 Å². The van der Waals surface area contributed by atoms with E-state index < -0.39 is 0 Å². The molecular weight excluding hydrogens is 166 g/mol. The van der Waals surface area contributed by atoms with Gasteiger partial charge in [0.1, 0.15) is 0 Å². The molecule has 3 heteroatoms. The highest BCUT2D eigenvalue weighted by Gasteiger charge is 2.04. The third-order valence-electron chi connectivity index (χ3n) is 1.51. The molecule has 0 aliphatic rings. The van der Waals surface area contributed by atoms with Crippen LogP contribution in [-0.2, 0) is 0 Å². The normalized spacial score (nSPS) is 13.5. The summed E-state index contributed by atoms with van der Waals surface area (Å²) in [6.07, 6.45) is 0. The molecule has 0 amide bonds. The van der Waals surface area contributed by atoms with E-state index in [1.165, 1.54) is 5.56 Å². The zero-order valence-electron chi connectivity index (χ0n) is 5.80. The van der Waals surface area contributed by atoms with Crippen LogP contribution < -0.4 is 5.73 Å². The molecule has 0 saturated carbocycles. The lowest BCUT2D eigenvalue weighted by atomic mass is 10.1. The summed E-state index contributed by atoms with van der Waals surface area (Å²) in [4.78, 5) is 0. The van der Waals surface area contributed by atoms with Gasteiger partial charge >= 0.3 is 0 Å². The van der Waals surface area contributed by atoms with Crippen LogP contribution in [0.15, 0.2) is 11.4 Å². The number of hydrogen-bond acceptors (Lipinski definition) is 2. The molecule has 0 aliphatic heterocycles. The molecular formula is C7H10ClNS. The van der Waals surface area contributed by atoms with Gasteiger partial charge in [0.25, 0.3) is 0 Å². The monoisotopic (exact) mass is 175 g/mol. The molecule has 1 atom stereocenters. The van der Waals surface area contributed by atoms with Gasteiger partial charge in [0.15, 0.2) is 0 Å². The molecule has 0 radical (unpaired) electrons. The molecule has 2 N–H and O–H groups in total. The van der Waals surface area contributed by atoms with Crippen molar-refractivity contribution in [1.29, 1.82) is 0 Å². The Labute approximate surface area is 69.8 Å². The second kappa shape index (κ2) is 3.37. The minimum atomic E-state index is 0.434. The quantitative estimate of drug-likeness (QED) is 0.735. The van der Waals surface area contributed by atoms with E-state index in [2.05, 4.69) is 12.3 Å². The summed E-state index contributed by atoms with van der Waals surface area (Å²) in [6.45, 7) is 2.78. The van der Waals surface area contributed by atoms with E-state index in [9.17, 15) is 0 Å². The number of halogens is 1. The second-order valence-electron chi connectivity index (χ2n) is 2.32. The highest BCUT2D eigenvalue weighted by atomic mass is 35.5. The summed E-state index contributed by atoms with van der Waals surface area (Å²) in [5.74, 6) is 0.434. The molecule has 1 aromatic rings. The van der Waals surface area contributed by atoms with Crippen molar-refractivity contribution >= 4 is 22.9 Å². The third-order valence-corrected chi connectivity index (χ3v) is 2.62. The van der Waals surface area contributed by atoms with E-state index in [0.717, 1.165) is 4.34 Å². The molecule has 0 aliphatic carbocycles. The highest BCUT2D eigenvalue weighted by molar-refractivity contribution is 7.14. The van der Waals surface area contributed by atoms with E-state index in [0.29, 0.717) is 12.5 Å². The second-order valence-corrected chi connectivity index (χ2v) is 3.86. The summed E-state index contributed by atoms with van der Waals surface area (Å²) in [5.41, 5.74) is 6.72. The van der Waals surface area contributed by atoms with E-state index in [4.69, 9.17) is 17.3 Å². The van der Waals surface area contributed by atoms with Crippen molar-refractivity contribution in [2.75, 3.05) is 6.54 Å². The predicted molar refractivity (Wildman–Crippen MR) is 46.8 cm³/mol. The predicted octanol–water partition coefficient (Wildman–Crippen LogP) is 2.46. The van der Waals surface area contributed by atoms with E-state index in [-0.39, 0.29) is 0 Å². The maximum absolute atomic E-state index is 5.74. The van der Waals surface area contributed by atoms with Gasteiger partial charge in [0.05, 0.1) is 4.34 Å². The van der Waals surface area contributed by atoms with Crippen molar-refractivity contribution < 1.29 is 0 Å². The van der Waals surface area contributed by atoms with Gasteiger partial charge in [0, 0.05) is 0 Å². The summed E-state index contributed by atoms with van der Waals surface area (Å²) in [7, 11) is 0. The van der Waals surface area contributed by atoms with Crippen molar-refractivity contribution in [3.05, 3.63) is 21.3 Å². The van der Waals surface area contributed by atoms with Crippen LogP contribution in [0.2, 0.25) is 4.34 Å². The summed E-state index contributed by atoms with van der Waals surface area (Å²) in [6, 6.07) is 1.98. The Kier molecular flexibility index (Phi) is 2.72. The van der Waals surface area contributed by atoms with Gasteiger partial charge in [-0.1, -0.05) is 18.5 Å². The van der Waals surface area contributed by atoms with Gasteiger partial charge in [0.2, 0.25) is 0 Å². The van der Waals surface area contributed by atoms with Crippen molar-refractivity contribution in [2.45, 2.75) is 12.8 Å². The standard InChI is InChI=1S/C7H10ClNS/c1-5(3-9)6-2-7(8)10-4-6/h2,4-5H,3,9H2,1H3. The van der Waals surface area contributed by atoms with Crippen LogP contribution in [0, 0.1) is 0 Å². The fraction of sp³-hybridized carbons (Fsp3) is 0.429. The van der Waals surface area contributed by atoms with Crippen LogP contribution in [0.1, 0.15) is 18.4 Å². The minimum absolute atomic E-state index is 0.434. The van der Waals surface area contributed by atoms with Gasteiger partial charge in [-0.15, -0.1) is 11.3 Å². The highest BCUT2D eigenvalue weighted by Crippen LogP contribution is 2.24. The molecule has 1 unspecified atom stereocenters. The van der Waals surface area contributed by atoms with Crippen LogP contribution >= 0.6 is 22.9 Å². The fourth-order valence-corrected chi connectivity index (χ4v) is 1.73. The lowest BCUT2D eigenvalue weighted by Crippen LogP contribution is -2.07. The van der Waals surface area contributed by atoms with Gasteiger partial charge in [-0.2, -0.15) is 0 Å². The summed E-state index contributed by atoms with van der Waals surface area (Å²) < 4.78 is 0.843. The maximum Gasteiger partial charge on any atom is 0.0931 e. The lowest BCUT2D eigenvalue weighted by molar-refractivity contribution is 0.778. The van der Waals surface area contributed by atoms with Crippen molar-refractivity contribution in [1.82, 2.24) is 0 Å². The molecule has 56 valence electrons. The zero-order chi connectivity index (χ0) is 7.56. The minimum Gasteiger partial charge on any atom is -0.330 e. The molecule has 1 aromatic heterocycles. The largest absolute Gasteiger partial charge is 0.330 e. The fourth-order valence-electron chi connectivity index (χ4n) is 0.718. The molecule has 1 rings (SSSR count). The topological polar surface area (TPSA) is 26.0 Å². The Morgan fingerprint density at radius 3 is 2.90 bits per heavy atom. The first-order valence-corrected chi connectivity index (χ1v) is 4.43. The number of thiophene rings is 1. The van der Waals surface area contributed by atoms with Crippen LogP contribution in [-0.4, -0.2) is 6.54 Å². The molecule has 0 saturated heterocycles. The number of rotatable bonds is 2. The van der Waals surface area contributed by atoms with E-state index in [1.807, 2.05) is 6.07 Å². The van der Waals surface area contributed by atoms with Gasteiger partial charge in [-0.05, 0) is 29.5 Å². The molecule has 0 spiro atoms.